The molecule has 16 heavy (non-hydrogen) atoms. The van der Waals surface area contributed by atoms with Crippen LogP contribution >= 0.6 is 0 Å². The topological polar surface area (TPSA) is 60.2 Å². The van der Waals surface area contributed by atoms with Crippen LogP contribution in [0, 0.1) is 5.82 Å². The zero-order valence-corrected chi connectivity index (χ0v) is 10.4. The Bertz CT molecular complexity index is 489. The van der Waals surface area contributed by atoms with E-state index in [9.17, 15) is 12.8 Å². The van der Waals surface area contributed by atoms with Crippen LogP contribution in [0.4, 0.5) is 10.1 Å². The van der Waals surface area contributed by atoms with Gasteiger partial charge < -0.3 is 5.73 Å². The van der Waals surface area contributed by atoms with Crippen LogP contribution in [-0.2, 0) is 15.6 Å². The van der Waals surface area contributed by atoms with Crippen LogP contribution in [0.2, 0.25) is 0 Å². The highest BCUT2D eigenvalue weighted by Gasteiger charge is 2.29. The molecular weight excluding hydrogens is 229 g/mol. The predicted molar refractivity (Wildman–Crippen MR) is 63.2 cm³/mol. The molecule has 0 unspecified atom stereocenters. The van der Waals surface area contributed by atoms with Gasteiger partial charge in [0.25, 0.3) is 0 Å². The minimum atomic E-state index is -3.29. The second kappa shape index (κ2) is 4.05. The molecule has 90 valence electrons. The molecule has 0 aliphatic carbocycles. The Morgan fingerprint density at radius 2 is 1.88 bits per heavy atom. The lowest BCUT2D eigenvalue weighted by molar-refractivity contribution is 0.559. The summed E-state index contributed by atoms with van der Waals surface area (Å²) in [5.74, 6) is -0.628. The van der Waals surface area contributed by atoms with Crippen LogP contribution in [0.3, 0.4) is 0 Å². The molecule has 0 radical (unpaired) electrons. The Morgan fingerprint density at radius 3 is 2.31 bits per heavy atom. The third-order valence-corrected chi connectivity index (χ3v) is 4.94. The predicted octanol–water partition coefficient (Wildman–Crippen LogP) is 2.12. The van der Waals surface area contributed by atoms with Crippen molar-refractivity contribution in [3.8, 4) is 0 Å². The number of rotatable bonds is 2. The van der Waals surface area contributed by atoms with Crippen molar-refractivity contribution in [2.45, 2.75) is 31.3 Å². The first-order valence-corrected chi connectivity index (χ1v) is 6.55. The van der Waals surface area contributed by atoms with Gasteiger partial charge >= 0.3 is 0 Å². The lowest BCUT2D eigenvalue weighted by Crippen LogP contribution is -2.29. The molecule has 0 fully saturated rings. The summed E-state index contributed by atoms with van der Waals surface area (Å²) in [5.41, 5.74) is 6.18. The molecule has 1 rings (SSSR count). The first-order valence-electron chi connectivity index (χ1n) is 4.90. The van der Waals surface area contributed by atoms with Crippen LogP contribution in [-0.4, -0.2) is 13.2 Å². The van der Waals surface area contributed by atoms with Crippen molar-refractivity contribution >= 4 is 15.5 Å². The van der Waals surface area contributed by atoms with Crippen LogP contribution in [0.5, 0.6) is 0 Å². The van der Waals surface area contributed by atoms with Crippen molar-refractivity contribution in [1.29, 1.82) is 0 Å². The monoisotopic (exact) mass is 245 g/mol. The molecule has 1 aromatic rings. The number of anilines is 1. The first-order chi connectivity index (χ1) is 7.13. The van der Waals surface area contributed by atoms with E-state index in [1.54, 1.807) is 20.8 Å². The van der Waals surface area contributed by atoms with Gasteiger partial charge in [0.1, 0.15) is 5.82 Å². The summed E-state index contributed by atoms with van der Waals surface area (Å²) in [4.78, 5) is 0. The molecule has 0 heterocycles. The van der Waals surface area contributed by atoms with Gasteiger partial charge in [-0.05, 0) is 38.5 Å². The summed E-state index contributed by atoms with van der Waals surface area (Å²) >= 11 is 0. The van der Waals surface area contributed by atoms with Crippen LogP contribution in [0.25, 0.3) is 0 Å². The van der Waals surface area contributed by atoms with Gasteiger partial charge in [-0.2, -0.15) is 0 Å². The van der Waals surface area contributed by atoms with E-state index in [2.05, 4.69) is 0 Å². The maximum absolute atomic E-state index is 12.8. The average molecular weight is 245 g/mol. The summed E-state index contributed by atoms with van der Waals surface area (Å²) in [5, 5.41) is 0. The van der Waals surface area contributed by atoms with E-state index in [0.29, 0.717) is 5.56 Å². The van der Waals surface area contributed by atoms with Gasteiger partial charge in [0.15, 0.2) is 9.84 Å². The molecule has 5 heteroatoms. The van der Waals surface area contributed by atoms with E-state index >= 15 is 0 Å². The van der Waals surface area contributed by atoms with E-state index < -0.39 is 20.4 Å². The van der Waals surface area contributed by atoms with Gasteiger partial charge in [0.05, 0.1) is 10.5 Å². The molecule has 1 aromatic carbocycles. The average Bonchev–Trinajstić information content (AvgIpc) is 2.08. The number of sulfone groups is 1. The molecule has 3 nitrogen and oxygen atoms in total. The highest BCUT2D eigenvalue weighted by atomic mass is 32.2. The third-order valence-electron chi connectivity index (χ3n) is 2.39. The van der Waals surface area contributed by atoms with Gasteiger partial charge in [-0.3, -0.25) is 0 Å². The van der Waals surface area contributed by atoms with E-state index in [1.165, 1.54) is 12.1 Å². The Kier molecular flexibility index (Phi) is 3.28. The number of hydrogen-bond donors (Lipinski definition) is 1. The molecule has 2 N–H and O–H groups in total. The molecule has 0 saturated heterocycles. The second-order valence-corrected chi connectivity index (χ2v) is 7.46. The van der Waals surface area contributed by atoms with Gasteiger partial charge in [-0.25, -0.2) is 12.8 Å². The van der Waals surface area contributed by atoms with Crippen LogP contribution in [0.1, 0.15) is 26.3 Å². The van der Waals surface area contributed by atoms with Crippen molar-refractivity contribution in [2.24, 2.45) is 0 Å². The number of halogens is 1. The Morgan fingerprint density at radius 1 is 1.31 bits per heavy atom. The molecule has 0 spiro atoms. The summed E-state index contributed by atoms with van der Waals surface area (Å²) in [7, 11) is -3.29. The van der Waals surface area contributed by atoms with Gasteiger partial charge in [-0.1, -0.05) is 6.07 Å². The zero-order valence-electron chi connectivity index (χ0n) is 9.62. The molecule has 0 amide bonds. The van der Waals surface area contributed by atoms with Crippen LogP contribution < -0.4 is 5.73 Å². The van der Waals surface area contributed by atoms with E-state index in [0.717, 1.165) is 6.07 Å². The fourth-order valence-corrected chi connectivity index (χ4v) is 2.22. The molecule has 0 aromatic heterocycles. The first kappa shape index (κ1) is 13.0. The number of benzene rings is 1. The molecule has 0 saturated carbocycles. The maximum Gasteiger partial charge on any atom is 0.159 e. The zero-order chi connectivity index (χ0) is 12.6. The normalized spacial score (nSPS) is 12.8. The third kappa shape index (κ3) is 2.72. The smallest absolute Gasteiger partial charge is 0.159 e. The van der Waals surface area contributed by atoms with Crippen molar-refractivity contribution < 1.29 is 12.8 Å². The molecule has 0 aliphatic heterocycles. The highest BCUT2D eigenvalue weighted by Crippen LogP contribution is 2.23. The molecule has 0 bridgehead atoms. The SMILES string of the molecule is CC(C)(C)S(=O)(=O)Cc1ccc(F)cc1N. The standard InChI is InChI=1S/C11H16FNO2S/c1-11(2,3)16(14,15)7-8-4-5-9(12)6-10(8)13/h4-6H,7,13H2,1-3H3. The lowest BCUT2D eigenvalue weighted by Gasteiger charge is -2.19. The molecule has 0 aliphatic rings. The number of hydrogen-bond acceptors (Lipinski definition) is 3. The van der Waals surface area contributed by atoms with E-state index in [4.69, 9.17) is 5.73 Å². The lowest BCUT2D eigenvalue weighted by atomic mass is 10.2. The quantitative estimate of drug-likeness (QED) is 0.812. The number of nitrogens with two attached hydrogens (primary N) is 1. The Balaban J connectivity index is 3.07. The molecule has 0 atom stereocenters. The Hall–Kier alpha value is -1.10. The van der Waals surface area contributed by atoms with Gasteiger partial charge in [0, 0.05) is 5.69 Å². The highest BCUT2D eigenvalue weighted by molar-refractivity contribution is 7.91. The van der Waals surface area contributed by atoms with Crippen molar-refractivity contribution in [3.63, 3.8) is 0 Å². The fraction of sp³-hybridized carbons (Fsp3) is 0.455. The molecular formula is C11H16FNO2S. The second-order valence-electron chi connectivity index (χ2n) is 4.71. The van der Waals surface area contributed by atoms with E-state index in [-0.39, 0.29) is 11.4 Å². The minimum absolute atomic E-state index is 0.164. The minimum Gasteiger partial charge on any atom is -0.398 e. The van der Waals surface area contributed by atoms with Crippen LogP contribution in [0.15, 0.2) is 18.2 Å². The summed E-state index contributed by atoms with van der Waals surface area (Å²) in [6.07, 6.45) is 0. The van der Waals surface area contributed by atoms with E-state index in [1.807, 2.05) is 0 Å². The van der Waals surface area contributed by atoms with Crippen molar-refractivity contribution in [1.82, 2.24) is 0 Å². The Labute approximate surface area is 95.4 Å². The van der Waals surface area contributed by atoms with Gasteiger partial charge in [-0.15, -0.1) is 0 Å². The van der Waals surface area contributed by atoms with Crippen molar-refractivity contribution in [3.05, 3.63) is 29.6 Å². The van der Waals surface area contributed by atoms with Crippen molar-refractivity contribution in [2.75, 3.05) is 5.73 Å². The summed E-state index contributed by atoms with van der Waals surface area (Å²) in [6, 6.07) is 3.76. The van der Waals surface area contributed by atoms with Gasteiger partial charge in [0.2, 0.25) is 0 Å². The summed E-state index contributed by atoms with van der Waals surface area (Å²) in [6.45, 7) is 4.88. The fourth-order valence-electron chi connectivity index (χ4n) is 1.12. The largest absolute Gasteiger partial charge is 0.398 e. The summed E-state index contributed by atoms with van der Waals surface area (Å²) < 4.78 is 35.8. The number of nitrogen functional groups attached to an aromatic ring is 1. The maximum atomic E-state index is 12.8.